The van der Waals surface area contributed by atoms with Gasteiger partial charge in [0.1, 0.15) is 11.8 Å². The average molecular weight is 467 g/mol. The highest BCUT2D eigenvalue weighted by Gasteiger charge is 2.35. The highest BCUT2D eigenvalue weighted by atomic mass is 16.5. The molecule has 1 saturated heterocycles. The average Bonchev–Trinajstić information content (AvgIpc) is 2.86. The van der Waals surface area contributed by atoms with E-state index < -0.39 is 12.1 Å². The number of piperazine rings is 1. The molecule has 3 atom stereocenters. The third-order valence-corrected chi connectivity index (χ3v) is 6.31. The number of nitrogens with zero attached hydrogens (tertiary/aromatic N) is 2. The van der Waals surface area contributed by atoms with Crippen LogP contribution in [-0.4, -0.2) is 66.5 Å². The zero-order valence-electron chi connectivity index (χ0n) is 20.3. The first-order valence-corrected chi connectivity index (χ1v) is 11.7. The molecule has 1 aliphatic heterocycles. The fourth-order valence-corrected chi connectivity index (χ4v) is 4.10. The van der Waals surface area contributed by atoms with E-state index in [9.17, 15) is 14.4 Å². The minimum atomic E-state index is -0.667. The second kappa shape index (κ2) is 11.5. The fourth-order valence-electron chi connectivity index (χ4n) is 4.10. The molecule has 0 spiro atoms. The summed E-state index contributed by atoms with van der Waals surface area (Å²) in [6, 6.07) is 15.0. The summed E-state index contributed by atoms with van der Waals surface area (Å²) in [4.78, 5) is 42.6. The summed E-state index contributed by atoms with van der Waals surface area (Å²) in [5, 5.41) is 5.64. The number of hydrogen-bond acceptors (Lipinski definition) is 4. The number of amides is 4. The van der Waals surface area contributed by atoms with E-state index in [0.717, 1.165) is 6.42 Å². The largest absolute Gasteiger partial charge is 0.497 e. The molecule has 4 amide bonds. The Kier molecular flexibility index (Phi) is 8.51. The van der Waals surface area contributed by atoms with Crippen LogP contribution in [0.4, 0.5) is 10.5 Å². The summed E-state index contributed by atoms with van der Waals surface area (Å²) in [5.41, 5.74) is 1.22. The first-order valence-electron chi connectivity index (χ1n) is 11.7. The first kappa shape index (κ1) is 25.1. The Hall–Kier alpha value is -3.55. The molecule has 8 heteroatoms. The molecule has 0 bridgehead atoms. The molecule has 1 aliphatic rings. The van der Waals surface area contributed by atoms with Crippen molar-refractivity contribution in [1.29, 1.82) is 0 Å². The summed E-state index contributed by atoms with van der Waals surface area (Å²) in [6.45, 7) is 7.18. The molecular weight excluding hydrogens is 432 g/mol. The summed E-state index contributed by atoms with van der Waals surface area (Å²) in [5.74, 6) is 0.412. The van der Waals surface area contributed by atoms with E-state index in [2.05, 4.69) is 10.6 Å². The van der Waals surface area contributed by atoms with Crippen molar-refractivity contribution in [3.05, 3.63) is 60.2 Å². The number of nitrogens with one attached hydrogen (secondary N) is 2. The Labute approximate surface area is 201 Å². The van der Waals surface area contributed by atoms with E-state index in [4.69, 9.17) is 4.74 Å². The lowest BCUT2D eigenvalue weighted by Crippen LogP contribution is -2.60. The molecule has 182 valence electrons. The van der Waals surface area contributed by atoms with Crippen molar-refractivity contribution in [1.82, 2.24) is 15.1 Å². The van der Waals surface area contributed by atoms with Gasteiger partial charge in [-0.1, -0.05) is 44.5 Å². The van der Waals surface area contributed by atoms with Crippen molar-refractivity contribution >= 4 is 23.5 Å². The summed E-state index contributed by atoms with van der Waals surface area (Å²) in [7, 11) is 1.56. The van der Waals surface area contributed by atoms with Gasteiger partial charge < -0.3 is 25.2 Å². The van der Waals surface area contributed by atoms with Crippen LogP contribution in [0.15, 0.2) is 54.6 Å². The Bertz CT molecular complexity index is 997. The summed E-state index contributed by atoms with van der Waals surface area (Å²) < 4.78 is 5.19. The highest BCUT2D eigenvalue weighted by molar-refractivity contribution is 5.95. The van der Waals surface area contributed by atoms with Gasteiger partial charge in [-0.05, 0) is 37.1 Å². The Morgan fingerprint density at radius 2 is 1.82 bits per heavy atom. The number of benzene rings is 2. The van der Waals surface area contributed by atoms with Crippen molar-refractivity contribution in [3.8, 4) is 5.75 Å². The van der Waals surface area contributed by atoms with Gasteiger partial charge >= 0.3 is 6.03 Å². The molecule has 1 fully saturated rings. The van der Waals surface area contributed by atoms with Gasteiger partial charge in [-0.25, -0.2) is 4.79 Å². The van der Waals surface area contributed by atoms with Crippen LogP contribution in [0.2, 0.25) is 0 Å². The topological polar surface area (TPSA) is 91.0 Å². The van der Waals surface area contributed by atoms with E-state index >= 15 is 0 Å². The normalized spacial score (nSPS) is 17.5. The fraction of sp³-hybridized carbons (Fsp3) is 0.423. The second-order valence-corrected chi connectivity index (χ2v) is 8.69. The Morgan fingerprint density at radius 1 is 1.09 bits per heavy atom. The first-order chi connectivity index (χ1) is 16.3. The van der Waals surface area contributed by atoms with Crippen LogP contribution in [0.25, 0.3) is 0 Å². The van der Waals surface area contributed by atoms with Gasteiger partial charge in [0.2, 0.25) is 5.91 Å². The zero-order valence-corrected chi connectivity index (χ0v) is 20.3. The van der Waals surface area contributed by atoms with Crippen molar-refractivity contribution in [2.75, 3.05) is 32.1 Å². The van der Waals surface area contributed by atoms with E-state index in [0.29, 0.717) is 36.6 Å². The summed E-state index contributed by atoms with van der Waals surface area (Å²) >= 11 is 0. The maximum Gasteiger partial charge on any atom is 0.319 e. The number of carbonyl (C=O) groups excluding carboxylic acids is 3. The maximum atomic E-state index is 13.4. The molecule has 2 aromatic carbocycles. The predicted octanol–water partition coefficient (Wildman–Crippen LogP) is 3.60. The third kappa shape index (κ3) is 6.07. The van der Waals surface area contributed by atoms with Gasteiger partial charge in [0, 0.05) is 43.0 Å². The van der Waals surface area contributed by atoms with Crippen LogP contribution in [0.3, 0.4) is 0 Å². The summed E-state index contributed by atoms with van der Waals surface area (Å²) in [6.07, 6.45) is 0.734. The van der Waals surface area contributed by atoms with Crippen molar-refractivity contribution in [2.45, 2.75) is 39.3 Å². The van der Waals surface area contributed by atoms with Crippen molar-refractivity contribution in [2.24, 2.45) is 5.92 Å². The van der Waals surface area contributed by atoms with Crippen LogP contribution >= 0.6 is 0 Å². The lowest BCUT2D eigenvalue weighted by atomic mass is 9.97. The number of methoxy groups -OCH3 is 1. The Morgan fingerprint density at radius 3 is 2.47 bits per heavy atom. The molecule has 3 unspecified atom stereocenters. The molecular formula is C26H34N4O4. The number of hydrogen-bond donors (Lipinski definition) is 2. The SMILES string of the molecule is CCC(C)C(NC(=O)Nc1cccc(OC)c1)C(=O)N1CCN(C(=O)c2ccccc2)C(C)C1. The minimum absolute atomic E-state index is 0.0329. The second-order valence-electron chi connectivity index (χ2n) is 8.69. The van der Waals surface area contributed by atoms with Gasteiger partial charge in [0.15, 0.2) is 0 Å². The lowest BCUT2D eigenvalue weighted by Gasteiger charge is -2.41. The van der Waals surface area contributed by atoms with E-state index in [1.807, 2.05) is 39.0 Å². The maximum absolute atomic E-state index is 13.4. The molecule has 34 heavy (non-hydrogen) atoms. The number of rotatable bonds is 7. The quantitative estimate of drug-likeness (QED) is 0.652. The van der Waals surface area contributed by atoms with E-state index in [1.54, 1.807) is 53.3 Å². The number of anilines is 1. The van der Waals surface area contributed by atoms with E-state index in [1.165, 1.54) is 0 Å². The van der Waals surface area contributed by atoms with Crippen LogP contribution in [-0.2, 0) is 4.79 Å². The molecule has 0 aromatic heterocycles. The Balaban J connectivity index is 1.64. The molecule has 1 heterocycles. The molecule has 0 radical (unpaired) electrons. The molecule has 8 nitrogen and oxygen atoms in total. The third-order valence-electron chi connectivity index (χ3n) is 6.31. The van der Waals surface area contributed by atoms with Crippen molar-refractivity contribution in [3.63, 3.8) is 0 Å². The zero-order chi connectivity index (χ0) is 24.7. The van der Waals surface area contributed by atoms with Gasteiger partial charge in [-0.2, -0.15) is 0 Å². The van der Waals surface area contributed by atoms with Gasteiger partial charge in [0.05, 0.1) is 7.11 Å². The number of urea groups is 1. The standard InChI is InChI=1S/C26H34N4O4/c1-5-18(2)23(28-26(33)27-21-12-9-13-22(16-21)34-4)25(32)29-14-15-30(19(3)17-29)24(31)20-10-7-6-8-11-20/h6-13,16,18-19,23H,5,14-15,17H2,1-4H3,(H2,27,28,33). The van der Waals surface area contributed by atoms with E-state index in [-0.39, 0.29) is 23.8 Å². The van der Waals surface area contributed by atoms with Gasteiger partial charge in [-0.3, -0.25) is 9.59 Å². The molecule has 0 saturated carbocycles. The molecule has 3 rings (SSSR count). The monoisotopic (exact) mass is 466 g/mol. The highest BCUT2D eigenvalue weighted by Crippen LogP contribution is 2.19. The van der Waals surface area contributed by atoms with Gasteiger partial charge in [-0.15, -0.1) is 0 Å². The van der Waals surface area contributed by atoms with Crippen molar-refractivity contribution < 1.29 is 19.1 Å². The number of carbonyl (C=O) groups is 3. The molecule has 2 aromatic rings. The molecule has 2 N–H and O–H groups in total. The van der Waals surface area contributed by atoms with Crippen LogP contribution < -0.4 is 15.4 Å². The smallest absolute Gasteiger partial charge is 0.319 e. The van der Waals surface area contributed by atoms with Gasteiger partial charge in [0.25, 0.3) is 5.91 Å². The molecule has 0 aliphatic carbocycles. The number of ether oxygens (including phenoxy) is 1. The minimum Gasteiger partial charge on any atom is -0.497 e. The van der Waals surface area contributed by atoms with Crippen LogP contribution in [0, 0.1) is 5.92 Å². The lowest BCUT2D eigenvalue weighted by molar-refractivity contribution is -0.136. The van der Waals surface area contributed by atoms with Crippen LogP contribution in [0.1, 0.15) is 37.6 Å². The predicted molar refractivity (Wildman–Crippen MR) is 132 cm³/mol. The van der Waals surface area contributed by atoms with Crippen LogP contribution in [0.5, 0.6) is 5.75 Å².